The summed E-state index contributed by atoms with van der Waals surface area (Å²) in [5.41, 5.74) is 1.29. The highest BCUT2D eigenvalue weighted by Crippen LogP contribution is 2.24. The van der Waals surface area contributed by atoms with Crippen molar-refractivity contribution < 1.29 is 22.4 Å². The van der Waals surface area contributed by atoms with Gasteiger partial charge in [-0.2, -0.15) is 12.7 Å². The van der Waals surface area contributed by atoms with Crippen LogP contribution in [-0.2, 0) is 32.8 Å². The number of carbonyl (C=O) groups is 2. The number of hydrogen-bond acceptors (Lipinski definition) is 4. The predicted octanol–water partition coefficient (Wildman–Crippen LogP) is 3.59. The summed E-state index contributed by atoms with van der Waals surface area (Å²) in [5.74, 6) is -1.87. The third-order valence-corrected chi connectivity index (χ3v) is 8.26. The van der Waals surface area contributed by atoms with Crippen LogP contribution in [0.2, 0.25) is 0 Å². The first-order valence-corrected chi connectivity index (χ1v) is 14.0. The monoisotopic (exact) mass is 604 g/mol. The second-order valence-electron chi connectivity index (χ2n) is 8.72. The molecule has 1 atom stereocenters. The Bertz CT molecular complexity index is 1360. The first-order valence-electron chi connectivity index (χ1n) is 11.8. The Morgan fingerprint density at radius 1 is 0.921 bits per heavy atom. The van der Waals surface area contributed by atoms with Gasteiger partial charge in [0.25, 0.3) is 0 Å². The Morgan fingerprint density at radius 2 is 1.53 bits per heavy atom. The van der Waals surface area contributed by atoms with Gasteiger partial charge in [0.1, 0.15) is 18.4 Å². The zero-order chi connectivity index (χ0) is 27.9. The van der Waals surface area contributed by atoms with E-state index in [2.05, 4.69) is 21.2 Å². The van der Waals surface area contributed by atoms with E-state index in [4.69, 9.17) is 0 Å². The van der Waals surface area contributed by atoms with Gasteiger partial charge in [-0.25, -0.2) is 8.70 Å². The molecule has 0 saturated heterocycles. The maximum atomic E-state index is 14.8. The lowest BCUT2D eigenvalue weighted by atomic mass is 10.0. The number of likely N-dealkylation sites (N-methyl/N-ethyl adjacent to an activating group) is 1. The van der Waals surface area contributed by atoms with Crippen LogP contribution >= 0.6 is 15.9 Å². The molecule has 38 heavy (non-hydrogen) atoms. The molecular weight excluding hydrogens is 575 g/mol. The Labute approximate surface area is 231 Å². The number of nitrogens with zero attached hydrogens (tertiary/aromatic N) is 3. The van der Waals surface area contributed by atoms with Crippen LogP contribution in [0.3, 0.4) is 0 Å². The van der Waals surface area contributed by atoms with Gasteiger partial charge < -0.3 is 10.2 Å². The molecule has 0 saturated carbocycles. The van der Waals surface area contributed by atoms with Crippen LogP contribution in [0, 0.1) is 5.82 Å². The first kappa shape index (κ1) is 29.3. The molecule has 202 valence electrons. The molecule has 2 amide bonds. The molecule has 3 aromatic rings. The predicted molar refractivity (Wildman–Crippen MR) is 149 cm³/mol. The van der Waals surface area contributed by atoms with Gasteiger partial charge in [0, 0.05) is 38.6 Å². The summed E-state index contributed by atoms with van der Waals surface area (Å²) in [7, 11) is -0.179. The lowest BCUT2D eigenvalue weighted by Gasteiger charge is -2.34. The number of benzene rings is 3. The first-order chi connectivity index (χ1) is 18.0. The molecule has 0 aliphatic heterocycles. The minimum Gasteiger partial charge on any atom is -0.357 e. The average Bonchev–Trinajstić information content (AvgIpc) is 2.90. The third kappa shape index (κ3) is 7.18. The Hall–Kier alpha value is -3.28. The smallest absolute Gasteiger partial charge is 0.304 e. The van der Waals surface area contributed by atoms with Crippen LogP contribution in [0.25, 0.3) is 0 Å². The van der Waals surface area contributed by atoms with Gasteiger partial charge in [-0.3, -0.25) is 9.59 Å². The molecule has 0 aliphatic rings. The number of hydrogen-bond donors (Lipinski definition) is 1. The highest BCUT2D eigenvalue weighted by atomic mass is 79.9. The molecule has 1 unspecified atom stereocenters. The molecule has 0 fully saturated rings. The fourth-order valence-electron chi connectivity index (χ4n) is 3.86. The van der Waals surface area contributed by atoms with E-state index in [9.17, 15) is 22.4 Å². The Kier molecular flexibility index (Phi) is 10.0. The van der Waals surface area contributed by atoms with Crippen molar-refractivity contribution in [3.8, 4) is 0 Å². The number of rotatable bonds is 11. The summed E-state index contributed by atoms with van der Waals surface area (Å²) in [6, 6.07) is 20.8. The summed E-state index contributed by atoms with van der Waals surface area (Å²) in [6.45, 7) is -0.676. The van der Waals surface area contributed by atoms with Gasteiger partial charge in [0.2, 0.25) is 11.8 Å². The van der Waals surface area contributed by atoms with Crippen molar-refractivity contribution in [3.05, 3.63) is 100 Å². The molecular formula is C27H30BrFN4O4S. The van der Waals surface area contributed by atoms with Crippen molar-refractivity contribution in [2.24, 2.45) is 0 Å². The molecule has 0 heterocycles. The normalized spacial score (nSPS) is 12.2. The number of nitrogens with one attached hydrogen (secondary N) is 1. The molecule has 0 aliphatic carbocycles. The molecule has 0 aromatic heterocycles. The molecule has 0 radical (unpaired) electrons. The van der Waals surface area contributed by atoms with Gasteiger partial charge in [-0.05, 0) is 35.4 Å². The fourth-order valence-corrected chi connectivity index (χ4v) is 5.19. The minimum absolute atomic E-state index is 0.0319. The van der Waals surface area contributed by atoms with E-state index >= 15 is 0 Å². The number of carbonyl (C=O) groups excluding carboxylic acids is 2. The zero-order valence-electron chi connectivity index (χ0n) is 21.3. The van der Waals surface area contributed by atoms with Crippen molar-refractivity contribution in [1.82, 2.24) is 14.5 Å². The SMILES string of the molecule is CNC(=O)C(Cc1ccccc1)N(Cc1ccc(Br)cc1)C(=O)CN(c1ccccc1F)S(=O)(=O)N(C)C. The van der Waals surface area contributed by atoms with Crippen LogP contribution < -0.4 is 9.62 Å². The lowest BCUT2D eigenvalue weighted by Crippen LogP contribution is -2.54. The van der Waals surface area contributed by atoms with Crippen LogP contribution in [0.4, 0.5) is 10.1 Å². The second-order valence-corrected chi connectivity index (χ2v) is 11.7. The fraction of sp³-hybridized carbons (Fsp3) is 0.259. The molecule has 3 rings (SSSR count). The number of amides is 2. The summed E-state index contributed by atoms with van der Waals surface area (Å²) >= 11 is 3.39. The van der Waals surface area contributed by atoms with Crippen LogP contribution in [-0.4, -0.2) is 63.2 Å². The molecule has 0 bridgehead atoms. The van der Waals surface area contributed by atoms with Gasteiger partial charge in [0.15, 0.2) is 0 Å². The number of anilines is 1. The maximum absolute atomic E-state index is 14.8. The van der Waals surface area contributed by atoms with Gasteiger partial charge in [-0.15, -0.1) is 0 Å². The molecule has 11 heteroatoms. The van der Waals surface area contributed by atoms with Crippen molar-refractivity contribution in [2.45, 2.75) is 19.0 Å². The number of halogens is 2. The minimum atomic E-state index is -4.26. The standard InChI is InChI=1S/C27H30BrFN4O4S/c1-30-27(35)25(17-20-9-5-4-6-10-20)32(18-21-13-15-22(28)16-14-21)26(34)19-33(38(36,37)31(2)3)24-12-8-7-11-23(24)29/h4-16,25H,17-19H2,1-3H3,(H,30,35). The summed E-state index contributed by atoms with van der Waals surface area (Å²) < 4.78 is 43.7. The van der Waals surface area contributed by atoms with E-state index < -0.39 is 40.4 Å². The van der Waals surface area contributed by atoms with Crippen LogP contribution in [0.15, 0.2) is 83.3 Å². The molecule has 1 N–H and O–H groups in total. The largest absolute Gasteiger partial charge is 0.357 e. The highest BCUT2D eigenvalue weighted by Gasteiger charge is 2.35. The van der Waals surface area contributed by atoms with E-state index in [1.165, 1.54) is 44.2 Å². The molecule has 0 spiro atoms. The number of para-hydroxylation sites is 1. The van der Waals surface area contributed by atoms with E-state index in [1.54, 1.807) is 12.1 Å². The summed E-state index contributed by atoms with van der Waals surface area (Å²) in [5, 5.41) is 2.62. The molecule has 8 nitrogen and oxygen atoms in total. The third-order valence-electron chi connectivity index (χ3n) is 5.92. The van der Waals surface area contributed by atoms with Crippen molar-refractivity contribution in [3.63, 3.8) is 0 Å². The second kappa shape index (κ2) is 13.0. The van der Waals surface area contributed by atoms with Gasteiger partial charge in [0.05, 0.1) is 5.69 Å². The average molecular weight is 606 g/mol. The molecule has 3 aromatic carbocycles. The topological polar surface area (TPSA) is 90.0 Å². The van der Waals surface area contributed by atoms with Crippen LogP contribution in [0.1, 0.15) is 11.1 Å². The zero-order valence-corrected chi connectivity index (χ0v) is 23.7. The Balaban J connectivity index is 2.07. The summed E-state index contributed by atoms with van der Waals surface area (Å²) in [4.78, 5) is 28.4. The van der Waals surface area contributed by atoms with Crippen molar-refractivity contribution >= 4 is 43.6 Å². The van der Waals surface area contributed by atoms with E-state index in [0.717, 1.165) is 30.3 Å². The quantitative estimate of drug-likeness (QED) is 0.362. The van der Waals surface area contributed by atoms with E-state index in [0.29, 0.717) is 0 Å². The van der Waals surface area contributed by atoms with Crippen molar-refractivity contribution in [1.29, 1.82) is 0 Å². The highest BCUT2D eigenvalue weighted by molar-refractivity contribution is 9.10. The van der Waals surface area contributed by atoms with Gasteiger partial charge in [-0.1, -0.05) is 70.5 Å². The van der Waals surface area contributed by atoms with Crippen LogP contribution in [0.5, 0.6) is 0 Å². The van der Waals surface area contributed by atoms with Gasteiger partial charge >= 0.3 is 10.2 Å². The van der Waals surface area contributed by atoms with Crippen molar-refractivity contribution in [2.75, 3.05) is 32.0 Å². The van der Waals surface area contributed by atoms with E-state index in [-0.39, 0.29) is 18.7 Å². The Morgan fingerprint density at radius 3 is 2.11 bits per heavy atom. The lowest BCUT2D eigenvalue weighted by molar-refractivity contribution is -0.139. The van der Waals surface area contributed by atoms with E-state index in [1.807, 2.05) is 42.5 Å². The summed E-state index contributed by atoms with van der Waals surface area (Å²) in [6.07, 6.45) is 0.197. The maximum Gasteiger partial charge on any atom is 0.304 e.